The SMILES string of the molecule is CCN(CC)Cc1ccc(CC(NC(=O)CC(C2=COC(Cc3ccccc3)O2)N(c2ccc3ccccc3c2)S(=O)O)C(=O)N(C)C(C)C)cc1. The largest absolute Gasteiger partial charge is 0.459 e. The average molecular weight is 727 g/mol. The maximum atomic E-state index is 14.1. The van der Waals surface area contributed by atoms with Crippen LogP contribution in [0.3, 0.4) is 0 Å². The third kappa shape index (κ3) is 9.99. The first-order valence-electron chi connectivity index (χ1n) is 17.9. The van der Waals surface area contributed by atoms with Gasteiger partial charge in [0.05, 0.1) is 12.1 Å². The molecule has 0 bridgehead atoms. The number of hydrogen-bond acceptors (Lipinski definition) is 6. The van der Waals surface area contributed by atoms with Crippen molar-refractivity contribution in [1.29, 1.82) is 0 Å². The molecule has 1 aliphatic heterocycles. The molecule has 11 heteroatoms. The number of anilines is 1. The van der Waals surface area contributed by atoms with Crippen LogP contribution in [0.25, 0.3) is 10.8 Å². The van der Waals surface area contributed by atoms with E-state index >= 15 is 0 Å². The van der Waals surface area contributed by atoms with Gasteiger partial charge in [-0.2, -0.15) is 0 Å². The van der Waals surface area contributed by atoms with Gasteiger partial charge in [0.1, 0.15) is 18.3 Å². The molecule has 0 saturated carbocycles. The molecule has 0 radical (unpaired) electrons. The quantitative estimate of drug-likeness (QED) is 0.121. The van der Waals surface area contributed by atoms with E-state index in [-0.39, 0.29) is 30.5 Å². The lowest BCUT2D eigenvalue weighted by molar-refractivity contribution is -0.136. The Morgan fingerprint density at radius 1 is 0.865 bits per heavy atom. The highest BCUT2D eigenvalue weighted by molar-refractivity contribution is 7.80. The van der Waals surface area contributed by atoms with E-state index in [1.807, 2.05) is 86.6 Å². The predicted octanol–water partition coefficient (Wildman–Crippen LogP) is 6.43. The summed E-state index contributed by atoms with van der Waals surface area (Å²) < 4.78 is 37.3. The Labute approximate surface area is 309 Å². The molecule has 1 heterocycles. The number of carbonyl (C=O) groups is 2. The highest BCUT2D eigenvalue weighted by Crippen LogP contribution is 2.32. The van der Waals surface area contributed by atoms with Gasteiger partial charge < -0.3 is 19.7 Å². The second-order valence-electron chi connectivity index (χ2n) is 13.3. The Morgan fingerprint density at radius 2 is 1.52 bits per heavy atom. The molecule has 2 amide bonds. The van der Waals surface area contributed by atoms with Gasteiger partial charge in [-0.05, 0) is 66.5 Å². The molecule has 5 rings (SSSR count). The molecule has 0 fully saturated rings. The zero-order valence-electron chi connectivity index (χ0n) is 30.6. The van der Waals surface area contributed by atoms with Crippen molar-refractivity contribution in [2.24, 2.45) is 0 Å². The Bertz CT molecular complexity index is 1850. The van der Waals surface area contributed by atoms with Crippen LogP contribution in [-0.4, -0.2) is 74.9 Å². The first-order chi connectivity index (χ1) is 25.1. The van der Waals surface area contributed by atoms with Crippen molar-refractivity contribution in [2.45, 2.75) is 77.9 Å². The van der Waals surface area contributed by atoms with E-state index in [0.717, 1.165) is 41.5 Å². The van der Waals surface area contributed by atoms with E-state index in [4.69, 9.17) is 9.47 Å². The summed E-state index contributed by atoms with van der Waals surface area (Å²) in [5.74, 6) is -0.477. The number of rotatable bonds is 17. The number of ether oxygens (including phenoxy) is 2. The maximum absolute atomic E-state index is 14.1. The van der Waals surface area contributed by atoms with Crippen molar-refractivity contribution in [3.05, 3.63) is 126 Å². The highest BCUT2D eigenvalue weighted by Gasteiger charge is 2.37. The predicted molar refractivity (Wildman–Crippen MR) is 206 cm³/mol. The van der Waals surface area contributed by atoms with E-state index in [0.29, 0.717) is 12.1 Å². The fourth-order valence-electron chi connectivity index (χ4n) is 6.25. The van der Waals surface area contributed by atoms with Crippen LogP contribution < -0.4 is 9.62 Å². The number of likely N-dealkylation sites (N-methyl/N-ethyl adjacent to an activating group) is 1. The van der Waals surface area contributed by atoms with Crippen LogP contribution in [0.5, 0.6) is 0 Å². The summed E-state index contributed by atoms with van der Waals surface area (Å²) in [4.78, 5) is 31.8. The van der Waals surface area contributed by atoms with Gasteiger partial charge >= 0.3 is 0 Å². The van der Waals surface area contributed by atoms with Crippen molar-refractivity contribution in [3.63, 3.8) is 0 Å². The summed E-state index contributed by atoms with van der Waals surface area (Å²) in [5.41, 5.74) is 3.49. The molecule has 1 aliphatic rings. The zero-order valence-corrected chi connectivity index (χ0v) is 31.4. The smallest absolute Gasteiger partial charge is 0.262 e. The molecule has 4 atom stereocenters. The molecule has 276 valence electrons. The standard InChI is InChI=1S/C41H50N4O6S/c1-6-44(7-2)27-32-19-17-31(18-20-32)23-36(41(47)43(5)29(3)4)42-39(46)26-37(38-28-50-40(51-38)24-30-13-9-8-10-14-30)45(52(48)49)35-22-21-33-15-11-12-16-34(33)25-35/h8-22,25,28-29,36-37,40H,6-7,23-24,26-27H2,1-5H3,(H,42,46)(H,48,49). The van der Waals surface area contributed by atoms with Crippen LogP contribution in [0.1, 0.15) is 50.8 Å². The Hall–Kier alpha value is -4.71. The van der Waals surface area contributed by atoms with Gasteiger partial charge in [-0.25, -0.2) is 4.21 Å². The number of nitrogens with zero attached hydrogens (tertiary/aromatic N) is 3. The second-order valence-corrected chi connectivity index (χ2v) is 14.2. The van der Waals surface area contributed by atoms with Crippen LogP contribution in [0.15, 0.2) is 109 Å². The maximum Gasteiger partial charge on any atom is 0.262 e. The lowest BCUT2D eigenvalue weighted by atomic mass is 10.0. The lowest BCUT2D eigenvalue weighted by Crippen LogP contribution is -2.51. The first kappa shape index (κ1) is 38.5. The monoisotopic (exact) mass is 726 g/mol. The molecule has 0 spiro atoms. The van der Waals surface area contributed by atoms with E-state index in [2.05, 4.69) is 36.2 Å². The van der Waals surface area contributed by atoms with Crippen molar-refractivity contribution >= 4 is 39.5 Å². The minimum Gasteiger partial charge on any atom is -0.459 e. The average Bonchev–Trinajstić information content (AvgIpc) is 3.61. The van der Waals surface area contributed by atoms with Gasteiger partial charge in [-0.15, -0.1) is 0 Å². The van der Waals surface area contributed by atoms with E-state index < -0.39 is 35.5 Å². The third-order valence-electron chi connectivity index (χ3n) is 9.51. The Kier molecular flexibility index (Phi) is 13.5. The number of nitrogens with one attached hydrogen (secondary N) is 1. The Morgan fingerprint density at radius 3 is 2.17 bits per heavy atom. The number of benzene rings is 4. The molecular formula is C41H50N4O6S. The van der Waals surface area contributed by atoms with Crippen molar-refractivity contribution in [1.82, 2.24) is 15.1 Å². The molecule has 10 nitrogen and oxygen atoms in total. The van der Waals surface area contributed by atoms with Gasteiger partial charge in [0.25, 0.3) is 11.3 Å². The lowest BCUT2D eigenvalue weighted by Gasteiger charge is -2.31. The van der Waals surface area contributed by atoms with Crippen molar-refractivity contribution in [2.75, 3.05) is 24.4 Å². The van der Waals surface area contributed by atoms with E-state index in [9.17, 15) is 18.4 Å². The second kappa shape index (κ2) is 18.2. The molecule has 4 aromatic rings. The summed E-state index contributed by atoms with van der Waals surface area (Å²) >= 11 is -2.57. The number of carbonyl (C=O) groups excluding carboxylic acids is 2. The van der Waals surface area contributed by atoms with Crippen molar-refractivity contribution < 1.29 is 27.8 Å². The topological polar surface area (TPSA) is 112 Å². The number of fused-ring (bicyclic) bond motifs is 1. The number of amides is 2. The summed E-state index contributed by atoms with van der Waals surface area (Å²) in [6, 6.07) is 28.9. The van der Waals surface area contributed by atoms with Crippen LogP contribution >= 0.6 is 0 Å². The molecule has 4 aromatic carbocycles. The summed E-state index contributed by atoms with van der Waals surface area (Å²) in [6.07, 6.45) is 1.15. The van der Waals surface area contributed by atoms with Crippen LogP contribution in [-0.2, 0) is 49.7 Å². The minimum absolute atomic E-state index is 0.0907. The van der Waals surface area contributed by atoms with Gasteiger partial charge in [-0.1, -0.05) is 98.8 Å². The molecule has 0 aliphatic carbocycles. The molecule has 0 aromatic heterocycles. The van der Waals surface area contributed by atoms with E-state index in [1.54, 1.807) is 24.1 Å². The highest BCUT2D eigenvalue weighted by atomic mass is 32.2. The number of hydrogen-bond donors (Lipinski definition) is 2. The van der Waals surface area contributed by atoms with Crippen LogP contribution in [0, 0.1) is 0 Å². The van der Waals surface area contributed by atoms with Crippen LogP contribution in [0.2, 0.25) is 0 Å². The summed E-state index contributed by atoms with van der Waals surface area (Å²) in [5, 5.41) is 4.80. The summed E-state index contributed by atoms with van der Waals surface area (Å²) in [7, 11) is 1.72. The third-order valence-corrected chi connectivity index (χ3v) is 10.3. The molecule has 0 saturated heterocycles. The fourth-order valence-corrected chi connectivity index (χ4v) is 6.94. The normalized spacial score (nSPS) is 15.8. The summed E-state index contributed by atoms with van der Waals surface area (Å²) in [6.45, 7) is 10.8. The Balaban J connectivity index is 1.41. The van der Waals surface area contributed by atoms with E-state index in [1.165, 1.54) is 16.1 Å². The zero-order chi connectivity index (χ0) is 37.2. The van der Waals surface area contributed by atoms with Crippen molar-refractivity contribution in [3.8, 4) is 0 Å². The van der Waals surface area contributed by atoms with Gasteiger partial charge in [-0.3, -0.25) is 23.3 Å². The van der Waals surface area contributed by atoms with Gasteiger partial charge in [0, 0.05) is 32.5 Å². The van der Waals surface area contributed by atoms with Crippen LogP contribution in [0.4, 0.5) is 5.69 Å². The molecule has 4 unspecified atom stereocenters. The molecular weight excluding hydrogens is 677 g/mol. The molecule has 2 N–H and O–H groups in total. The fraction of sp³-hybridized carbons (Fsp3) is 0.366. The minimum atomic E-state index is -2.57. The van der Waals surface area contributed by atoms with Gasteiger partial charge in [0.15, 0.2) is 5.76 Å². The molecule has 52 heavy (non-hydrogen) atoms. The van der Waals surface area contributed by atoms with Gasteiger partial charge in [0.2, 0.25) is 18.1 Å². The first-order valence-corrected chi connectivity index (χ1v) is 18.9.